The summed E-state index contributed by atoms with van der Waals surface area (Å²) in [6.45, 7) is 9.04. The van der Waals surface area contributed by atoms with E-state index in [1.54, 1.807) is 0 Å². The van der Waals surface area contributed by atoms with Gasteiger partial charge in [-0.1, -0.05) is 20.8 Å². The van der Waals surface area contributed by atoms with Gasteiger partial charge in [-0.3, -0.25) is 10.1 Å². The van der Waals surface area contributed by atoms with E-state index in [9.17, 15) is 10.1 Å². The number of anilines is 2. The second kappa shape index (κ2) is 7.07. The van der Waals surface area contributed by atoms with E-state index in [0.717, 1.165) is 25.8 Å². The van der Waals surface area contributed by atoms with E-state index >= 15 is 0 Å². The lowest BCUT2D eigenvalue weighted by Crippen LogP contribution is -2.33. The van der Waals surface area contributed by atoms with Crippen LogP contribution in [-0.2, 0) is 0 Å². The van der Waals surface area contributed by atoms with Crippen LogP contribution in [0.1, 0.15) is 47.0 Å². The summed E-state index contributed by atoms with van der Waals surface area (Å²) >= 11 is 0. The van der Waals surface area contributed by atoms with E-state index in [0.29, 0.717) is 11.6 Å². The minimum atomic E-state index is -0.390. The fourth-order valence-corrected chi connectivity index (χ4v) is 1.77. The van der Waals surface area contributed by atoms with Crippen molar-refractivity contribution in [1.82, 2.24) is 4.98 Å². The lowest BCUT2D eigenvalue weighted by molar-refractivity contribution is -0.384. The summed E-state index contributed by atoms with van der Waals surface area (Å²) in [6.07, 6.45) is 2.78. The molecule has 6 nitrogen and oxygen atoms in total. The van der Waals surface area contributed by atoms with Crippen molar-refractivity contribution in [2.45, 2.75) is 52.5 Å². The van der Waals surface area contributed by atoms with Gasteiger partial charge in [-0.25, -0.2) is 4.98 Å². The molecule has 0 amide bonds. The predicted molar refractivity (Wildman–Crippen MR) is 82.3 cm³/mol. The van der Waals surface area contributed by atoms with Crippen LogP contribution >= 0.6 is 0 Å². The zero-order valence-corrected chi connectivity index (χ0v) is 12.7. The Labute approximate surface area is 120 Å². The van der Waals surface area contributed by atoms with Gasteiger partial charge >= 0.3 is 0 Å². The molecule has 1 aromatic heterocycles. The van der Waals surface area contributed by atoms with E-state index < -0.39 is 0 Å². The third-order valence-electron chi connectivity index (χ3n) is 3.57. The maximum Gasteiger partial charge on any atom is 0.276 e. The lowest BCUT2D eigenvalue weighted by Gasteiger charge is -2.29. The number of nitrogens with zero attached hydrogens (tertiary/aromatic N) is 2. The highest BCUT2D eigenvalue weighted by Crippen LogP contribution is 2.25. The van der Waals surface area contributed by atoms with Gasteiger partial charge in [0, 0.05) is 12.1 Å². The maximum absolute atomic E-state index is 11.0. The van der Waals surface area contributed by atoms with Gasteiger partial charge in [0.05, 0.1) is 17.1 Å². The molecular weight excluding hydrogens is 256 g/mol. The number of hydrogen-bond acceptors (Lipinski definition) is 5. The van der Waals surface area contributed by atoms with Gasteiger partial charge in [-0.05, 0) is 26.2 Å². The first-order valence-corrected chi connectivity index (χ1v) is 7.12. The van der Waals surface area contributed by atoms with Gasteiger partial charge in [-0.15, -0.1) is 0 Å². The van der Waals surface area contributed by atoms with Crippen LogP contribution in [0.2, 0.25) is 0 Å². The molecule has 0 atom stereocenters. The molecule has 0 aliphatic heterocycles. The molecule has 0 spiro atoms. The van der Waals surface area contributed by atoms with Crippen LogP contribution in [0.25, 0.3) is 0 Å². The van der Waals surface area contributed by atoms with E-state index in [4.69, 9.17) is 0 Å². The Balaban J connectivity index is 3.05. The molecule has 1 heterocycles. The van der Waals surface area contributed by atoms with E-state index in [2.05, 4.69) is 36.4 Å². The summed E-state index contributed by atoms with van der Waals surface area (Å²) in [7, 11) is 0. The highest BCUT2D eigenvalue weighted by Gasteiger charge is 2.21. The van der Waals surface area contributed by atoms with Crippen molar-refractivity contribution in [3.05, 3.63) is 22.2 Å². The molecule has 0 aliphatic carbocycles. The smallest absolute Gasteiger partial charge is 0.276 e. The first-order chi connectivity index (χ1) is 9.44. The molecule has 0 aromatic carbocycles. The monoisotopic (exact) mass is 280 g/mol. The molecular formula is C14H24N4O2. The Hall–Kier alpha value is -1.85. The van der Waals surface area contributed by atoms with Crippen LogP contribution in [0.15, 0.2) is 12.1 Å². The lowest BCUT2D eigenvalue weighted by atomic mass is 9.95. The number of nitrogens with one attached hydrogen (secondary N) is 2. The fourth-order valence-electron chi connectivity index (χ4n) is 1.77. The van der Waals surface area contributed by atoms with E-state index in [1.807, 2.05) is 6.92 Å². The SMILES string of the molecule is CCCNc1cc([N+](=O)[O-])cc(NC(C)(CC)CC)n1. The second-order valence-corrected chi connectivity index (χ2v) is 5.17. The van der Waals surface area contributed by atoms with Gasteiger partial charge in [0.1, 0.15) is 11.6 Å². The number of nitro groups is 1. The highest BCUT2D eigenvalue weighted by molar-refractivity contribution is 5.55. The van der Waals surface area contributed by atoms with Gasteiger partial charge in [-0.2, -0.15) is 0 Å². The Morgan fingerprint density at radius 2 is 1.85 bits per heavy atom. The number of hydrogen-bond donors (Lipinski definition) is 2. The summed E-state index contributed by atoms with van der Waals surface area (Å²) in [4.78, 5) is 15.0. The number of rotatable bonds is 8. The summed E-state index contributed by atoms with van der Waals surface area (Å²) in [5, 5.41) is 17.4. The summed E-state index contributed by atoms with van der Waals surface area (Å²) in [6, 6.07) is 2.96. The zero-order chi connectivity index (χ0) is 15.2. The Kier molecular flexibility index (Phi) is 5.73. The van der Waals surface area contributed by atoms with Crippen LogP contribution < -0.4 is 10.6 Å². The van der Waals surface area contributed by atoms with Gasteiger partial charge in [0.2, 0.25) is 0 Å². The number of aromatic nitrogens is 1. The van der Waals surface area contributed by atoms with Crippen molar-refractivity contribution in [3.63, 3.8) is 0 Å². The predicted octanol–water partition coefficient (Wildman–Crippen LogP) is 3.80. The molecule has 6 heteroatoms. The first-order valence-electron chi connectivity index (χ1n) is 7.12. The van der Waals surface area contributed by atoms with Crippen LogP contribution in [0, 0.1) is 10.1 Å². The van der Waals surface area contributed by atoms with Crippen molar-refractivity contribution in [2.24, 2.45) is 0 Å². The molecule has 0 aliphatic rings. The van der Waals surface area contributed by atoms with Crippen LogP contribution in [0.4, 0.5) is 17.3 Å². The van der Waals surface area contributed by atoms with Crippen LogP contribution in [0.3, 0.4) is 0 Å². The van der Waals surface area contributed by atoms with Gasteiger partial charge < -0.3 is 10.6 Å². The largest absolute Gasteiger partial charge is 0.370 e. The van der Waals surface area contributed by atoms with E-state index in [-0.39, 0.29) is 16.1 Å². The molecule has 1 aromatic rings. The molecule has 0 unspecified atom stereocenters. The van der Waals surface area contributed by atoms with Crippen molar-refractivity contribution >= 4 is 17.3 Å². The van der Waals surface area contributed by atoms with Gasteiger partial charge in [0.15, 0.2) is 0 Å². The summed E-state index contributed by atoms with van der Waals surface area (Å²) in [5.74, 6) is 1.09. The molecule has 20 heavy (non-hydrogen) atoms. The van der Waals surface area contributed by atoms with Crippen LogP contribution in [0.5, 0.6) is 0 Å². The molecule has 0 saturated carbocycles. The quantitative estimate of drug-likeness (QED) is 0.559. The molecule has 0 saturated heterocycles. The Morgan fingerprint density at radius 1 is 1.25 bits per heavy atom. The topological polar surface area (TPSA) is 80.1 Å². The average Bonchev–Trinajstić information content (AvgIpc) is 2.44. The Morgan fingerprint density at radius 3 is 2.35 bits per heavy atom. The molecule has 0 fully saturated rings. The first kappa shape index (κ1) is 16.2. The minimum absolute atomic E-state index is 0.0515. The Bertz CT molecular complexity index is 458. The normalized spacial score (nSPS) is 11.2. The molecule has 1 rings (SSSR count). The highest BCUT2D eigenvalue weighted by atomic mass is 16.6. The van der Waals surface area contributed by atoms with Crippen molar-refractivity contribution < 1.29 is 4.92 Å². The van der Waals surface area contributed by atoms with Crippen molar-refractivity contribution in [2.75, 3.05) is 17.2 Å². The standard InChI is InChI=1S/C14H24N4O2/c1-5-8-15-12-9-11(18(19)20)10-13(16-12)17-14(4,6-2)7-3/h9-10H,5-8H2,1-4H3,(H2,15,16,17). The molecule has 2 N–H and O–H groups in total. The maximum atomic E-state index is 11.0. The summed E-state index contributed by atoms with van der Waals surface area (Å²) < 4.78 is 0. The third-order valence-corrected chi connectivity index (χ3v) is 3.57. The third kappa shape index (κ3) is 4.36. The summed E-state index contributed by atoms with van der Waals surface area (Å²) in [5.41, 5.74) is -0.0554. The minimum Gasteiger partial charge on any atom is -0.370 e. The zero-order valence-electron chi connectivity index (χ0n) is 12.7. The van der Waals surface area contributed by atoms with Gasteiger partial charge in [0.25, 0.3) is 5.69 Å². The van der Waals surface area contributed by atoms with E-state index in [1.165, 1.54) is 12.1 Å². The second-order valence-electron chi connectivity index (χ2n) is 5.17. The number of pyridine rings is 1. The van der Waals surface area contributed by atoms with Crippen molar-refractivity contribution in [3.8, 4) is 0 Å². The molecule has 112 valence electrons. The van der Waals surface area contributed by atoms with Crippen molar-refractivity contribution in [1.29, 1.82) is 0 Å². The molecule has 0 radical (unpaired) electrons. The average molecular weight is 280 g/mol. The fraction of sp³-hybridized carbons (Fsp3) is 0.643. The molecule has 0 bridgehead atoms. The van der Waals surface area contributed by atoms with Crippen LogP contribution in [-0.4, -0.2) is 22.0 Å².